The van der Waals surface area contributed by atoms with Crippen molar-refractivity contribution in [3.8, 4) is 5.88 Å². The van der Waals surface area contributed by atoms with Crippen LogP contribution in [0.2, 0.25) is 5.15 Å². The van der Waals surface area contributed by atoms with Gasteiger partial charge in [-0.1, -0.05) is 0 Å². The lowest BCUT2D eigenvalue weighted by Crippen LogP contribution is -1.88. The van der Waals surface area contributed by atoms with Crippen LogP contribution in [0.3, 0.4) is 0 Å². The molecule has 0 saturated carbocycles. The van der Waals surface area contributed by atoms with Gasteiger partial charge in [0.1, 0.15) is 0 Å². The molecule has 1 aromatic heterocycles. The minimum absolute atomic E-state index is 0.00523. The molecule has 0 N–H and O–H groups in total. The molecule has 0 aromatic carbocycles. The van der Waals surface area contributed by atoms with Gasteiger partial charge in [-0.25, -0.2) is 0 Å². The molecule has 0 atom stereocenters. The summed E-state index contributed by atoms with van der Waals surface area (Å²) in [4.78, 5) is 10.3. The normalized spacial score (nSPS) is 8.82. The lowest BCUT2D eigenvalue weighted by Gasteiger charge is -1.94. The SMILES string of the molecule is [C-]#[N+]c1nc(Cl)cc(OC)n1. The van der Waals surface area contributed by atoms with Crippen LogP contribution in [-0.2, 0) is 0 Å². The van der Waals surface area contributed by atoms with E-state index in [4.69, 9.17) is 22.9 Å². The first-order valence-electron chi connectivity index (χ1n) is 2.72. The van der Waals surface area contributed by atoms with Gasteiger partial charge in [-0.05, 0) is 11.6 Å². The van der Waals surface area contributed by atoms with Crippen LogP contribution in [0.15, 0.2) is 6.07 Å². The Morgan fingerprint density at radius 2 is 2.36 bits per heavy atom. The molecular weight excluding hydrogens is 166 g/mol. The summed E-state index contributed by atoms with van der Waals surface area (Å²) in [6.07, 6.45) is 0. The summed E-state index contributed by atoms with van der Waals surface area (Å²) in [5.74, 6) is 0.297. The zero-order valence-corrected chi connectivity index (χ0v) is 6.46. The maximum atomic E-state index is 6.60. The molecule has 56 valence electrons. The zero-order chi connectivity index (χ0) is 8.27. The van der Waals surface area contributed by atoms with Crippen molar-refractivity contribution in [3.05, 3.63) is 22.6 Å². The Hall–Kier alpha value is -1.34. The van der Waals surface area contributed by atoms with Crippen molar-refractivity contribution >= 4 is 17.5 Å². The van der Waals surface area contributed by atoms with Crippen molar-refractivity contribution in [1.82, 2.24) is 9.97 Å². The van der Waals surface area contributed by atoms with E-state index in [1.807, 2.05) is 0 Å². The van der Waals surface area contributed by atoms with Crippen molar-refractivity contribution in [2.45, 2.75) is 0 Å². The Morgan fingerprint density at radius 3 is 2.91 bits per heavy atom. The highest BCUT2D eigenvalue weighted by Crippen LogP contribution is 2.16. The van der Waals surface area contributed by atoms with E-state index in [1.165, 1.54) is 13.2 Å². The molecular formula is C6H4ClN3O. The predicted molar refractivity (Wildman–Crippen MR) is 39.9 cm³/mol. The molecule has 0 aliphatic heterocycles. The summed E-state index contributed by atoms with van der Waals surface area (Å²) in [6.45, 7) is 6.60. The molecule has 0 bridgehead atoms. The Labute approximate surface area is 68.6 Å². The largest absolute Gasteiger partial charge is 0.470 e. The predicted octanol–water partition coefficient (Wildman–Crippen LogP) is 1.69. The molecule has 0 radical (unpaired) electrons. The number of rotatable bonds is 1. The summed E-state index contributed by atoms with van der Waals surface area (Å²) in [6, 6.07) is 1.44. The summed E-state index contributed by atoms with van der Waals surface area (Å²) in [7, 11) is 1.45. The molecule has 0 saturated heterocycles. The first-order chi connectivity index (χ1) is 5.26. The van der Waals surface area contributed by atoms with E-state index in [0.29, 0.717) is 5.88 Å². The Kier molecular flexibility index (Phi) is 2.24. The maximum absolute atomic E-state index is 6.60. The van der Waals surface area contributed by atoms with Gasteiger partial charge in [0.25, 0.3) is 5.88 Å². The second kappa shape index (κ2) is 3.17. The van der Waals surface area contributed by atoms with Crippen molar-refractivity contribution in [1.29, 1.82) is 0 Å². The van der Waals surface area contributed by atoms with Crippen LogP contribution < -0.4 is 4.74 Å². The van der Waals surface area contributed by atoms with Crippen molar-refractivity contribution in [2.24, 2.45) is 0 Å². The fourth-order valence-electron chi connectivity index (χ4n) is 0.540. The van der Waals surface area contributed by atoms with Crippen LogP contribution in [0, 0.1) is 6.57 Å². The monoisotopic (exact) mass is 169 g/mol. The molecule has 1 heterocycles. The number of halogens is 1. The molecule has 1 rings (SSSR count). The zero-order valence-electron chi connectivity index (χ0n) is 5.71. The molecule has 0 fully saturated rings. The lowest BCUT2D eigenvalue weighted by atomic mass is 10.6. The summed E-state index contributed by atoms with van der Waals surface area (Å²) < 4.78 is 4.76. The molecule has 5 heteroatoms. The fraction of sp³-hybridized carbons (Fsp3) is 0.167. The van der Waals surface area contributed by atoms with Gasteiger partial charge in [-0.2, -0.15) is 0 Å². The lowest BCUT2D eigenvalue weighted by molar-refractivity contribution is 0.398. The van der Waals surface area contributed by atoms with Gasteiger partial charge in [0.2, 0.25) is 0 Å². The van der Waals surface area contributed by atoms with Gasteiger partial charge >= 0.3 is 5.95 Å². The number of aromatic nitrogens is 2. The van der Waals surface area contributed by atoms with Crippen LogP contribution in [0.1, 0.15) is 0 Å². The second-order valence-electron chi connectivity index (χ2n) is 1.64. The Bertz CT molecular complexity index is 307. The Morgan fingerprint density at radius 1 is 1.64 bits per heavy atom. The molecule has 0 spiro atoms. The topological polar surface area (TPSA) is 39.4 Å². The smallest absolute Gasteiger partial charge is 0.376 e. The van der Waals surface area contributed by atoms with E-state index in [1.54, 1.807) is 0 Å². The van der Waals surface area contributed by atoms with Crippen molar-refractivity contribution in [2.75, 3.05) is 7.11 Å². The number of hydrogen-bond acceptors (Lipinski definition) is 3. The Balaban J connectivity index is 3.15. The number of nitrogens with zero attached hydrogens (tertiary/aromatic N) is 3. The summed E-state index contributed by atoms with van der Waals surface area (Å²) >= 11 is 5.53. The van der Waals surface area contributed by atoms with E-state index in [2.05, 4.69) is 14.8 Å². The molecule has 0 unspecified atom stereocenters. The first-order valence-corrected chi connectivity index (χ1v) is 3.10. The van der Waals surface area contributed by atoms with Gasteiger partial charge in [-0.15, -0.1) is 16.5 Å². The van der Waals surface area contributed by atoms with Crippen LogP contribution >= 0.6 is 11.6 Å². The first kappa shape index (κ1) is 7.76. The molecule has 11 heavy (non-hydrogen) atoms. The number of ether oxygens (including phenoxy) is 1. The van der Waals surface area contributed by atoms with Crippen LogP contribution in [0.4, 0.5) is 5.95 Å². The molecule has 4 nitrogen and oxygen atoms in total. The average Bonchev–Trinajstić information content (AvgIpc) is 2.03. The third-order valence-electron chi connectivity index (χ3n) is 0.969. The molecule has 0 amide bonds. The van der Waals surface area contributed by atoms with E-state index >= 15 is 0 Å². The van der Waals surface area contributed by atoms with E-state index in [0.717, 1.165) is 0 Å². The van der Waals surface area contributed by atoms with Crippen LogP contribution in [-0.4, -0.2) is 17.1 Å². The van der Waals surface area contributed by atoms with Crippen molar-refractivity contribution < 1.29 is 4.74 Å². The van der Waals surface area contributed by atoms with Gasteiger partial charge < -0.3 is 9.58 Å². The highest BCUT2D eigenvalue weighted by Gasteiger charge is 2.04. The van der Waals surface area contributed by atoms with Gasteiger partial charge in [0, 0.05) is 0 Å². The quantitative estimate of drug-likeness (QED) is 0.475. The number of methoxy groups -OCH3 is 1. The van der Waals surface area contributed by atoms with Crippen molar-refractivity contribution in [3.63, 3.8) is 0 Å². The second-order valence-corrected chi connectivity index (χ2v) is 2.03. The molecule has 0 aliphatic rings. The number of hydrogen-bond donors (Lipinski definition) is 0. The van der Waals surface area contributed by atoms with E-state index < -0.39 is 0 Å². The fourth-order valence-corrected chi connectivity index (χ4v) is 0.709. The third-order valence-corrected chi connectivity index (χ3v) is 1.16. The minimum Gasteiger partial charge on any atom is -0.470 e. The average molecular weight is 170 g/mol. The standard InChI is InChI=1S/C6H4ClN3O/c1-8-6-9-4(7)3-5(10-6)11-2/h3H,2H3. The van der Waals surface area contributed by atoms with Crippen LogP contribution in [0.5, 0.6) is 5.88 Å². The molecule has 1 aromatic rings. The van der Waals surface area contributed by atoms with Gasteiger partial charge in [0.05, 0.1) is 13.2 Å². The third kappa shape index (κ3) is 1.79. The highest BCUT2D eigenvalue weighted by atomic mass is 35.5. The van der Waals surface area contributed by atoms with Crippen LogP contribution in [0.25, 0.3) is 4.85 Å². The summed E-state index contributed by atoms with van der Waals surface area (Å²) in [5, 5.41) is 0.211. The van der Waals surface area contributed by atoms with Gasteiger partial charge in [-0.3, -0.25) is 0 Å². The molecule has 0 aliphatic carbocycles. The highest BCUT2D eigenvalue weighted by molar-refractivity contribution is 6.29. The summed E-state index contributed by atoms with van der Waals surface area (Å²) in [5.41, 5.74) is 0. The van der Waals surface area contributed by atoms with E-state index in [9.17, 15) is 0 Å². The maximum Gasteiger partial charge on any atom is 0.376 e. The van der Waals surface area contributed by atoms with Gasteiger partial charge in [0.15, 0.2) is 5.15 Å². The van der Waals surface area contributed by atoms with E-state index in [-0.39, 0.29) is 11.1 Å². The minimum atomic E-state index is -0.00523.